The van der Waals surface area contributed by atoms with Gasteiger partial charge >= 0.3 is 0 Å². The van der Waals surface area contributed by atoms with Gasteiger partial charge in [-0.05, 0) is 33.2 Å². The maximum atomic E-state index is 9.73. The first kappa shape index (κ1) is 9.01. The second kappa shape index (κ2) is 3.11. The van der Waals surface area contributed by atoms with E-state index in [9.17, 15) is 5.11 Å². The van der Waals surface area contributed by atoms with Crippen LogP contribution in [-0.4, -0.2) is 35.2 Å². The predicted molar refractivity (Wildman–Crippen MR) is 46.6 cm³/mol. The minimum Gasteiger partial charge on any atom is -0.389 e. The van der Waals surface area contributed by atoms with Crippen molar-refractivity contribution in [3.8, 4) is 0 Å². The highest BCUT2D eigenvalue weighted by atomic mass is 16.3. The van der Waals surface area contributed by atoms with Gasteiger partial charge in [-0.15, -0.1) is 0 Å². The molecule has 0 heterocycles. The summed E-state index contributed by atoms with van der Waals surface area (Å²) in [6.07, 6.45) is 3.47. The van der Waals surface area contributed by atoms with Crippen LogP contribution in [0.25, 0.3) is 0 Å². The highest BCUT2D eigenvalue weighted by molar-refractivity contribution is 4.86. The Morgan fingerprint density at radius 1 is 1.55 bits per heavy atom. The lowest BCUT2D eigenvalue weighted by Crippen LogP contribution is -2.39. The molecule has 1 unspecified atom stereocenters. The molecule has 2 nitrogen and oxygen atoms in total. The summed E-state index contributed by atoms with van der Waals surface area (Å²) in [6.45, 7) is 4.75. The van der Waals surface area contributed by atoms with Crippen LogP contribution in [0.3, 0.4) is 0 Å². The Bertz CT molecular complexity index is 130. The van der Waals surface area contributed by atoms with Crippen LogP contribution in [0.15, 0.2) is 0 Å². The quantitative estimate of drug-likeness (QED) is 0.663. The Hall–Kier alpha value is -0.0800. The molecule has 0 radical (unpaired) electrons. The molecule has 0 aromatic heterocycles. The minimum absolute atomic E-state index is 0.489. The fraction of sp³-hybridized carbons (Fsp3) is 1.00. The van der Waals surface area contributed by atoms with Gasteiger partial charge in [0.05, 0.1) is 5.60 Å². The Kier molecular flexibility index (Phi) is 2.55. The van der Waals surface area contributed by atoms with Crippen molar-refractivity contribution < 1.29 is 5.11 Å². The molecule has 0 amide bonds. The minimum atomic E-state index is -0.489. The maximum Gasteiger partial charge on any atom is 0.0743 e. The van der Waals surface area contributed by atoms with Gasteiger partial charge in [0.2, 0.25) is 0 Å². The fourth-order valence-corrected chi connectivity index (χ4v) is 1.29. The van der Waals surface area contributed by atoms with Crippen LogP contribution in [0.4, 0.5) is 0 Å². The van der Waals surface area contributed by atoms with Crippen LogP contribution in [0.1, 0.15) is 33.1 Å². The molecule has 1 N–H and O–H groups in total. The molecule has 0 aromatic carbocycles. The second-order valence-corrected chi connectivity index (χ2v) is 4.00. The zero-order chi connectivity index (χ0) is 8.48. The van der Waals surface area contributed by atoms with Crippen LogP contribution >= 0.6 is 0 Å². The van der Waals surface area contributed by atoms with E-state index < -0.39 is 5.60 Å². The highest BCUT2D eigenvalue weighted by Crippen LogP contribution is 2.26. The largest absolute Gasteiger partial charge is 0.389 e. The van der Waals surface area contributed by atoms with Crippen molar-refractivity contribution in [1.29, 1.82) is 0 Å². The van der Waals surface area contributed by atoms with Crippen molar-refractivity contribution in [2.24, 2.45) is 0 Å². The standard InChI is InChI=1S/C9H19NO/c1-4-9(2,11)7-10(3)8-5-6-8/h8,11H,4-7H2,1-3H3. The summed E-state index contributed by atoms with van der Waals surface area (Å²) in [5.74, 6) is 0. The van der Waals surface area contributed by atoms with E-state index in [0.29, 0.717) is 0 Å². The lowest BCUT2D eigenvalue weighted by atomic mass is 10.0. The summed E-state index contributed by atoms with van der Waals surface area (Å²) in [7, 11) is 2.10. The van der Waals surface area contributed by atoms with E-state index in [1.165, 1.54) is 12.8 Å². The number of aliphatic hydroxyl groups is 1. The highest BCUT2D eigenvalue weighted by Gasteiger charge is 2.30. The first-order chi connectivity index (χ1) is 5.05. The fourth-order valence-electron chi connectivity index (χ4n) is 1.29. The van der Waals surface area contributed by atoms with Gasteiger partial charge in [-0.3, -0.25) is 0 Å². The van der Waals surface area contributed by atoms with Crippen molar-refractivity contribution in [1.82, 2.24) is 4.90 Å². The van der Waals surface area contributed by atoms with Crippen LogP contribution in [0.2, 0.25) is 0 Å². The molecule has 0 bridgehead atoms. The van der Waals surface area contributed by atoms with E-state index >= 15 is 0 Å². The van der Waals surface area contributed by atoms with Gasteiger partial charge in [-0.2, -0.15) is 0 Å². The first-order valence-electron chi connectivity index (χ1n) is 4.48. The average molecular weight is 157 g/mol. The number of likely N-dealkylation sites (N-methyl/N-ethyl adjacent to an activating group) is 1. The third-order valence-electron chi connectivity index (χ3n) is 2.52. The zero-order valence-electron chi connectivity index (χ0n) is 7.80. The molecule has 0 saturated heterocycles. The number of nitrogens with zero attached hydrogens (tertiary/aromatic N) is 1. The normalized spacial score (nSPS) is 23.7. The number of rotatable bonds is 4. The molecule has 66 valence electrons. The third-order valence-corrected chi connectivity index (χ3v) is 2.52. The lowest BCUT2D eigenvalue weighted by Gasteiger charge is -2.27. The number of hydrogen-bond donors (Lipinski definition) is 1. The Balaban J connectivity index is 2.27. The van der Waals surface area contributed by atoms with E-state index in [1.807, 2.05) is 13.8 Å². The Morgan fingerprint density at radius 3 is 2.45 bits per heavy atom. The molecule has 2 heteroatoms. The average Bonchev–Trinajstić information content (AvgIpc) is 2.67. The van der Waals surface area contributed by atoms with Crippen molar-refractivity contribution in [2.45, 2.75) is 44.8 Å². The smallest absolute Gasteiger partial charge is 0.0743 e. The lowest BCUT2D eigenvalue weighted by molar-refractivity contribution is 0.0216. The van der Waals surface area contributed by atoms with Crippen LogP contribution < -0.4 is 0 Å². The first-order valence-corrected chi connectivity index (χ1v) is 4.48. The van der Waals surface area contributed by atoms with Gasteiger partial charge in [-0.1, -0.05) is 6.92 Å². The van der Waals surface area contributed by atoms with Crippen molar-refractivity contribution in [2.75, 3.05) is 13.6 Å². The van der Waals surface area contributed by atoms with E-state index in [-0.39, 0.29) is 0 Å². The molecule has 0 aliphatic heterocycles. The summed E-state index contributed by atoms with van der Waals surface area (Å²) in [5.41, 5.74) is -0.489. The molecule has 1 atom stereocenters. The van der Waals surface area contributed by atoms with Gasteiger partial charge in [-0.25, -0.2) is 0 Å². The molecule has 11 heavy (non-hydrogen) atoms. The monoisotopic (exact) mass is 157 g/mol. The Morgan fingerprint density at radius 2 is 2.09 bits per heavy atom. The second-order valence-electron chi connectivity index (χ2n) is 4.00. The summed E-state index contributed by atoms with van der Waals surface area (Å²) < 4.78 is 0. The molecule has 1 saturated carbocycles. The molecule has 0 spiro atoms. The van der Waals surface area contributed by atoms with Gasteiger partial charge in [0.15, 0.2) is 0 Å². The summed E-state index contributed by atoms with van der Waals surface area (Å²) in [6, 6.07) is 0.757. The van der Waals surface area contributed by atoms with Gasteiger partial charge in [0.1, 0.15) is 0 Å². The van der Waals surface area contributed by atoms with Crippen molar-refractivity contribution in [3.63, 3.8) is 0 Å². The number of hydrogen-bond acceptors (Lipinski definition) is 2. The van der Waals surface area contributed by atoms with Crippen LogP contribution in [-0.2, 0) is 0 Å². The summed E-state index contributed by atoms with van der Waals surface area (Å²) in [5, 5.41) is 9.73. The van der Waals surface area contributed by atoms with Gasteiger partial charge in [0, 0.05) is 12.6 Å². The SMILES string of the molecule is CCC(C)(O)CN(C)C1CC1. The summed E-state index contributed by atoms with van der Waals surface area (Å²) >= 11 is 0. The zero-order valence-corrected chi connectivity index (χ0v) is 7.80. The van der Waals surface area contributed by atoms with E-state index in [2.05, 4.69) is 11.9 Å². The molecule has 1 aliphatic rings. The van der Waals surface area contributed by atoms with Crippen LogP contribution in [0, 0.1) is 0 Å². The third kappa shape index (κ3) is 2.80. The molecule has 0 aromatic rings. The van der Waals surface area contributed by atoms with Crippen molar-refractivity contribution >= 4 is 0 Å². The molecule has 1 aliphatic carbocycles. The maximum absolute atomic E-state index is 9.73. The molecular weight excluding hydrogens is 138 g/mol. The van der Waals surface area contributed by atoms with Gasteiger partial charge < -0.3 is 10.0 Å². The summed E-state index contributed by atoms with van der Waals surface area (Å²) in [4.78, 5) is 2.27. The van der Waals surface area contributed by atoms with Crippen molar-refractivity contribution in [3.05, 3.63) is 0 Å². The van der Waals surface area contributed by atoms with E-state index in [0.717, 1.165) is 19.0 Å². The van der Waals surface area contributed by atoms with Crippen LogP contribution in [0.5, 0.6) is 0 Å². The molecular formula is C9H19NO. The molecule has 1 rings (SSSR count). The van der Waals surface area contributed by atoms with Gasteiger partial charge in [0.25, 0.3) is 0 Å². The molecule has 1 fully saturated rings. The van der Waals surface area contributed by atoms with E-state index in [4.69, 9.17) is 0 Å². The topological polar surface area (TPSA) is 23.5 Å². The van der Waals surface area contributed by atoms with E-state index in [1.54, 1.807) is 0 Å². The predicted octanol–water partition coefficient (Wildman–Crippen LogP) is 1.24. The Labute approximate surface area is 69.2 Å².